The Hall–Kier alpha value is -2.70. The van der Waals surface area contributed by atoms with Gasteiger partial charge in [-0.15, -0.1) is 0 Å². The average molecular weight is 429 g/mol. The van der Waals surface area contributed by atoms with E-state index in [1.165, 1.54) is 29.2 Å². The van der Waals surface area contributed by atoms with E-state index in [1.807, 2.05) is 4.90 Å². The molecule has 0 saturated carbocycles. The normalized spacial score (nSPS) is 19.8. The van der Waals surface area contributed by atoms with Crippen LogP contribution in [-0.2, 0) is 16.1 Å². The van der Waals surface area contributed by atoms with Gasteiger partial charge in [-0.3, -0.25) is 14.5 Å². The van der Waals surface area contributed by atoms with Gasteiger partial charge in [-0.1, -0.05) is 35.9 Å². The van der Waals surface area contributed by atoms with Gasteiger partial charge < -0.3 is 10.0 Å². The Morgan fingerprint density at radius 1 is 1.03 bits per heavy atom. The molecule has 2 aromatic carbocycles. The molecule has 1 N–H and O–H groups in total. The second-order valence-corrected chi connectivity index (χ2v) is 8.13. The van der Waals surface area contributed by atoms with E-state index in [9.17, 15) is 19.1 Å². The van der Waals surface area contributed by atoms with Gasteiger partial charge in [-0.05, 0) is 54.2 Å². The summed E-state index contributed by atoms with van der Waals surface area (Å²) in [5, 5.41) is 10.2. The molecule has 0 bridgehead atoms. The van der Waals surface area contributed by atoms with Crippen molar-refractivity contribution in [2.75, 3.05) is 19.7 Å². The molecule has 30 heavy (non-hydrogen) atoms. The summed E-state index contributed by atoms with van der Waals surface area (Å²) in [5.41, 5.74) is 1.91. The standard InChI is InChI=1S/C23H22ClFN2O3/c24-18-7-3-15(4-8-18)13-27-22(29)20(17-5-9-19(25)10-6-17)21(23(27)30)26-11-1-2-16(12-26)14-28/h3-10,16,28H,1-2,11-14H2. The van der Waals surface area contributed by atoms with Crippen molar-refractivity contribution in [1.82, 2.24) is 9.80 Å². The quantitative estimate of drug-likeness (QED) is 0.741. The van der Waals surface area contributed by atoms with E-state index >= 15 is 0 Å². The lowest BCUT2D eigenvalue weighted by Crippen LogP contribution is -2.40. The van der Waals surface area contributed by atoms with E-state index in [-0.39, 0.29) is 30.5 Å². The predicted molar refractivity (Wildman–Crippen MR) is 112 cm³/mol. The zero-order chi connectivity index (χ0) is 21.3. The number of benzene rings is 2. The largest absolute Gasteiger partial charge is 0.396 e. The number of imide groups is 1. The number of piperidine rings is 1. The highest BCUT2D eigenvalue weighted by Crippen LogP contribution is 2.35. The highest BCUT2D eigenvalue weighted by Gasteiger charge is 2.42. The zero-order valence-corrected chi connectivity index (χ0v) is 17.1. The van der Waals surface area contributed by atoms with Crippen LogP contribution in [-0.4, -0.2) is 46.4 Å². The topological polar surface area (TPSA) is 60.9 Å². The second-order valence-electron chi connectivity index (χ2n) is 7.69. The van der Waals surface area contributed by atoms with Crippen LogP contribution in [0.1, 0.15) is 24.0 Å². The minimum Gasteiger partial charge on any atom is -0.396 e. The van der Waals surface area contributed by atoms with Crippen molar-refractivity contribution < 1.29 is 19.1 Å². The fourth-order valence-electron chi connectivity index (χ4n) is 4.07. The summed E-state index contributed by atoms with van der Waals surface area (Å²) in [6.45, 7) is 1.29. The fraction of sp³-hybridized carbons (Fsp3) is 0.304. The monoisotopic (exact) mass is 428 g/mol. The first-order valence-corrected chi connectivity index (χ1v) is 10.3. The first-order chi connectivity index (χ1) is 14.5. The molecule has 1 saturated heterocycles. The number of rotatable bonds is 5. The zero-order valence-electron chi connectivity index (χ0n) is 16.4. The van der Waals surface area contributed by atoms with Crippen LogP contribution < -0.4 is 0 Å². The summed E-state index contributed by atoms with van der Waals surface area (Å²) in [4.78, 5) is 29.8. The summed E-state index contributed by atoms with van der Waals surface area (Å²) >= 11 is 5.94. The summed E-state index contributed by atoms with van der Waals surface area (Å²) in [7, 11) is 0. The van der Waals surface area contributed by atoms with Crippen molar-refractivity contribution in [2.24, 2.45) is 5.92 Å². The first-order valence-electron chi connectivity index (χ1n) is 9.94. The first kappa shape index (κ1) is 20.6. The fourth-order valence-corrected chi connectivity index (χ4v) is 4.19. The molecule has 2 aliphatic heterocycles. The van der Waals surface area contributed by atoms with Crippen LogP contribution in [0.5, 0.6) is 0 Å². The molecular formula is C23H22ClFN2O3. The summed E-state index contributed by atoms with van der Waals surface area (Å²) in [6, 6.07) is 12.6. The lowest BCUT2D eigenvalue weighted by Gasteiger charge is -2.34. The third kappa shape index (κ3) is 3.98. The van der Waals surface area contributed by atoms with Gasteiger partial charge >= 0.3 is 0 Å². The Kier molecular flexibility index (Phi) is 5.88. The minimum absolute atomic E-state index is 0.0340. The Bertz CT molecular complexity index is 989. The van der Waals surface area contributed by atoms with E-state index in [0.717, 1.165) is 18.4 Å². The molecule has 4 rings (SSSR count). The van der Waals surface area contributed by atoms with Crippen LogP contribution in [0.2, 0.25) is 5.02 Å². The van der Waals surface area contributed by atoms with Gasteiger partial charge in [0.05, 0.1) is 12.1 Å². The van der Waals surface area contributed by atoms with E-state index in [0.29, 0.717) is 29.4 Å². The molecule has 0 aromatic heterocycles. The number of carbonyl (C=O) groups excluding carboxylic acids is 2. The molecule has 0 radical (unpaired) electrons. The molecule has 0 spiro atoms. The van der Waals surface area contributed by atoms with E-state index in [1.54, 1.807) is 24.3 Å². The minimum atomic E-state index is -0.408. The second kappa shape index (κ2) is 8.58. The van der Waals surface area contributed by atoms with E-state index in [4.69, 9.17) is 11.6 Å². The molecule has 156 valence electrons. The van der Waals surface area contributed by atoms with Gasteiger partial charge in [-0.2, -0.15) is 0 Å². The average Bonchev–Trinajstić information content (AvgIpc) is 3.00. The van der Waals surface area contributed by atoms with E-state index in [2.05, 4.69) is 0 Å². The lowest BCUT2D eigenvalue weighted by molar-refractivity contribution is -0.138. The number of amides is 2. The molecule has 2 amide bonds. The van der Waals surface area contributed by atoms with Crippen LogP contribution in [0.15, 0.2) is 54.2 Å². The van der Waals surface area contributed by atoms with Crippen LogP contribution >= 0.6 is 11.6 Å². The van der Waals surface area contributed by atoms with Crippen LogP contribution in [0, 0.1) is 11.7 Å². The summed E-state index contributed by atoms with van der Waals surface area (Å²) in [6.07, 6.45) is 1.70. The van der Waals surface area contributed by atoms with Gasteiger partial charge in [0.1, 0.15) is 11.5 Å². The van der Waals surface area contributed by atoms with Gasteiger partial charge in [0.25, 0.3) is 11.8 Å². The molecule has 7 heteroatoms. The number of carbonyl (C=O) groups is 2. The number of aliphatic hydroxyl groups is 1. The molecule has 0 aliphatic carbocycles. The molecule has 1 atom stereocenters. The third-order valence-electron chi connectivity index (χ3n) is 5.62. The van der Waals surface area contributed by atoms with Gasteiger partial charge in [0, 0.05) is 24.7 Å². The lowest BCUT2D eigenvalue weighted by atomic mass is 9.97. The number of aliphatic hydroxyl groups excluding tert-OH is 1. The molecule has 1 unspecified atom stereocenters. The maximum Gasteiger partial charge on any atom is 0.278 e. The van der Waals surface area contributed by atoms with Crippen molar-refractivity contribution in [2.45, 2.75) is 19.4 Å². The highest BCUT2D eigenvalue weighted by atomic mass is 35.5. The molecule has 5 nitrogen and oxygen atoms in total. The maximum absolute atomic E-state index is 13.5. The summed E-state index contributed by atoms with van der Waals surface area (Å²) < 4.78 is 13.5. The van der Waals surface area contributed by atoms with Crippen LogP contribution in [0.25, 0.3) is 5.57 Å². The van der Waals surface area contributed by atoms with Gasteiger partial charge in [0.15, 0.2) is 0 Å². The van der Waals surface area contributed by atoms with Crippen LogP contribution in [0.4, 0.5) is 4.39 Å². The smallest absolute Gasteiger partial charge is 0.278 e. The van der Waals surface area contributed by atoms with Crippen molar-refractivity contribution in [3.05, 3.63) is 76.2 Å². The Labute approximate surface area is 179 Å². The van der Waals surface area contributed by atoms with Gasteiger partial charge in [-0.25, -0.2) is 4.39 Å². The van der Waals surface area contributed by atoms with Gasteiger partial charge in [0.2, 0.25) is 0 Å². The molecule has 2 aromatic rings. The van der Waals surface area contributed by atoms with Crippen molar-refractivity contribution in [3.63, 3.8) is 0 Å². The Balaban J connectivity index is 1.72. The maximum atomic E-state index is 13.5. The van der Waals surface area contributed by atoms with E-state index < -0.39 is 11.7 Å². The Morgan fingerprint density at radius 2 is 1.73 bits per heavy atom. The number of nitrogens with zero attached hydrogens (tertiary/aromatic N) is 2. The van der Waals surface area contributed by atoms with Crippen molar-refractivity contribution in [3.8, 4) is 0 Å². The number of hydrogen-bond acceptors (Lipinski definition) is 4. The molecule has 1 fully saturated rings. The molecule has 2 aliphatic rings. The van der Waals surface area contributed by atoms with Crippen LogP contribution in [0.3, 0.4) is 0 Å². The Morgan fingerprint density at radius 3 is 2.40 bits per heavy atom. The number of likely N-dealkylation sites (tertiary alicyclic amines) is 1. The molecule has 2 heterocycles. The summed E-state index contributed by atoms with van der Waals surface area (Å²) in [5.74, 6) is -1.13. The SMILES string of the molecule is O=C1C(c2ccc(F)cc2)=C(N2CCCC(CO)C2)C(=O)N1Cc1ccc(Cl)cc1. The number of halogens is 2. The molecular weight excluding hydrogens is 407 g/mol. The third-order valence-corrected chi connectivity index (χ3v) is 5.88. The highest BCUT2D eigenvalue weighted by molar-refractivity contribution is 6.35. The predicted octanol–water partition coefficient (Wildman–Crippen LogP) is 3.46. The van der Waals surface area contributed by atoms with Crippen molar-refractivity contribution >= 4 is 29.0 Å². The number of hydrogen-bond donors (Lipinski definition) is 1. The van der Waals surface area contributed by atoms with Crippen molar-refractivity contribution in [1.29, 1.82) is 0 Å².